The number of hydrogen-bond acceptors (Lipinski definition) is 1. The monoisotopic (exact) mass is 352 g/mol. The molecule has 1 unspecified atom stereocenters. The van der Waals surface area contributed by atoms with E-state index in [2.05, 4.69) is 66.8 Å². The highest BCUT2D eigenvalue weighted by Gasteiger charge is 2.28. The maximum absolute atomic E-state index is 6.64. The van der Waals surface area contributed by atoms with Gasteiger partial charge in [0.15, 0.2) is 0 Å². The van der Waals surface area contributed by atoms with Crippen molar-refractivity contribution in [3.05, 3.63) is 69.9 Å². The largest absolute Gasteiger partial charge is 0.343 e. The number of nitrogens with zero attached hydrogens (tertiary/aromatic N) is 2. The zero-order valence-corrected chi connectivity index (χ0v) is 16.0. The molecule has 0 aliphatic carbocycles. The SMILES string of the molecule is Cc1cccc(CCn2c3c(c4cccc(Cl)c42)C(C)N(C)CC3)c1. The summed E-state index contributed by atoms with van der Waals surface area (Å²) in [5, 5.41) is 2.19. The van der Waals surface area contributed by atoms with Gasteiger partial charge in [0.2, 0.25) is 0 Å². The van der Waals surface area contributed by atoms with Crippen LogP contribution in [0.1, 0.15) is 35.3 Å². The zero-order chi connectivity index (χ0) is 17.6. The average Bonchev–Trinajstić information content (AvgIpc) is 2.92. The highest BCUT2D eigenvalue weighted by Crippen LogP contribution is 2.39. The molecule has 0 radical (unpaired) electrons. The van der Waals surface area contributed by atoms with Crippen LogP contribution in [0.4, 0.5) is 0 Å². The predicted molar refractivity (Wildman–Crippen MR) is 107 cm³/mol. The van der Waals surface area contributed by atoms with Crippen molar-refractivity contribution in [2.24, 2.45) is 0 Å². The summed E-state index contributed by atoms with van der Waals surface area (Å²) >= 11 is 6.64. The minimum Gasteiger partial charge on any atom is -0.343 e. The molecule has 25 heavy (non-hydrogen) atoms. The molecule has 2 aromatic carbocycles. The highest BCUT2D eigenvalue weighted by molar-refractivity contribution is 6.35. The van der Waals surface area contributed by atoms with E-state index >= 15 is 0 Å². The third-order valence-corrected chi connectivity index (χ3v) is 5.98. The second-order valence-corrected chi connectivity index (χ2v) is 7.70. The molecule has 0 bridgehead atoms. The van der Waals surface area contributed by atoms with Crippen molar-refractivity contribution in [3.8, 4) is 0 Å². The number of rotatable bonds is 3. The third kappa shape index (κ3) is 2.88. The molecule has 2 heterocycles. The summed E-state index contributed by atoms with van der Waals surface area (Å²) in [6.45, 7) is 6.55. The Morgan fingerprint density at radius 2 is 1.96 bits per heavy atom. The van der Waals surface area contributed by atoms with Crippen LogP contribution in [0.3, 0.4) is 0 Å². The molecule has 4 rings (SSSR count). The van der Waals surface area contributed by atoms with Gasteiger partial charge in [-0.25, -0.2) is 0 Å². The predicted octanol–water partition coefficient (Wildman–Crippen LogP) is 5.39. The minimum absolute atomic E-state index is 0.435. The van der Waals surface area contributed by atoms with Crippen LogP contribution in [0.15, 0.2) is 42.5 Å². The van der Waals surface area contributed by atoms with Crippen molar-refractivity contribution in [1.82, 2.24) is 9.47 Å². The summed E-state index contributed by atoms with van der Waals surface area (Å²) in [6, 6.07) is 15.6. The van der Waals surface area contributed by atoms with Crippen LogP contribution >= 0.6 is 11.6 Å². The molecule has 1 aliphatic rings. The van der Waals surface area contributed by atoms with Gasteiger partial charge in [-0.15, -0.1) is 0 Å². The van der Waals surface area contributed by atoms with Crippen molar-refractivity contribution in [3.63, 3.8) is 0 Å². The van der Waals surface area contributed by atoms with Crippen molar-refractivity contribution < 1.29 is 0 Å². The van der Waals surface area contributed by atoms with Gasteiger partial charge in [0.25, 0.3) is 0 Å². The van der Waals surface area contributed by atoms with Crippen LogP contribution in [0.5, 0.6) is 0 Å². The topological polar surface area (TPSA) is 8.17 Å². The zero-order valence-electron chi connectivity index (χ0n) is 15.2. The summed E-state index contributed by atoms with van der Waals surface area (Å²) in [7, 11) is 2.22. The van der Waals surface area contributed by atoms with Gasteiger partial charge in [-0.2, -0.15) is 0 Å². The molecule has 0 fully saturated rings. The van der Waals surface area contributed by atoms with E-state index in [1.54, 1.807) is 0 Å². The standard InChI is InChI=1S/C22H25ClN2/c1-15-6-4-7-17(14-15)10-13-25-20-11-12-24(3)16(2)21(20)18-8-5-9-19(23)22(18)25/h4-9,14,16H,10-13H2,1-3H3. The van der Waals surface area contributed by atoms with E-state index in [0.29, 0.717) is 6.04 Å². The van der Waals surface area contributed by atoms with E-state index in [1.807, 2.05) is 6.07 Å². The lowest BCUT2D eigenvalue weighted by Crippen LogP contribution is -2.31. The lowest BCUT2D eigenvalue weighted by Gasteiger charge is -2.31. The molecule has 3 aromatic rings. The summed E-state index contributed by atoms with van der Waals surface area (Å²) in [4.78, 5) is 2.44. The fourth-order valence-corrected chi connectivity index (χ4v) is 4.51. The lowest BCUT2D eigenvalue weighted by atomic mass is 9.97. The fraction of sp³-hybridized carbons (Fsp3) is 0.364. The lowest BCUT2D eigenvalue weighted by molar-refractivity contribution is 0.245. The molecule has 130 valence electrons. The van der Waals surface area contributed by atoms with Crippen molar-refractivity contribution in [2.45, 2.75) is 39.3 Å². The Morgan fingerprint density at radius 1 is 1.16 bits per heavy atom. The molecular weight excluding hydrogens is 328 g/mol. The normalized spacial score (nSPS) is 17.8. The maximum atomic E-state index is 6.64. The smallest absolute Gasteiger partial charge is 0.0675 e. The van der Waals surface area contributed by atoms with Gasteiger partial charge in [0.05, 0.1) is 10.5 Å². The number of benzene rings is 2. The van der Waals surface area contributed by atoms with E-state index in [4.69, 9.17) is 11.6 Å². The molecule has 0 saturated heterocycles. The van der Waals surface area contributed by atoms with Crippen LogP contribution in [0.25, 0.3) is 10.9 Å². The Bertz CT molecular complexity index is 925. The molecule has 0 N–H and O–H groups in total. The van der Waals surface area contributed by atoms with Crippen LogP contribution in [-0.4, -0.2) is 23.1 Å². The van der Waals surface area contributed by atoms with Crippen LogP contribution in [-0.2, 0) is 19.4 Å². The van der Waals surface area contributed by atoms with Gasteiger partial charge in [-0.1, -0.05) is 53.6 Å². The van der Waals surface area contributed by atoms with E-state index in [9.17, 15) is 0 Å². The summed E-state index contributed by atoms with van der Waals surface area (Å²) in [6.07, 6.45) is 2.13. The average molecular weight is 353 g/mol. The molecule has 0 saturated carbocycles. The third-order valence-electron chi connectivity index (χ3n) is 5.67. The molecule has 3 heteroatoms. The highest BCUT2D eigenvalue weighted by atomic mass is 35.5. The first kappa shape index (κ1) is 16.7. The van der Waals surface area contributed by atoms with Crippen molar-refractivity contribution >= 4 is 22.5 Å². The molecule has 1 atom stereocenters. The second kappa shape index (κ2) is 6.51. The summed E-state index contributed by atoms with van der Waals surface area (Å²) in [5.74, 6) is 0. The van der Waals surface area contributed by atoms with Crippen molar-refractivity contribution in [1.29, 1.82) is 0 Å². The molecule has 1 aromatic heterocycles. The summed E-state index contributed by atoms with van der Waals surface area (Å²) < 4.78 is 2.48. The summed E-state index contributed by atoms with van der Waals surface area (Å²) in [5.41, 5.74) is 6.87. The molecule has 0 spiro atoms. The Hall–Kier alpha value is -1.77. The molecule has 0 amide bonds. The van der Waals surface area contributed by atoms with E-state index in [-0.39, 0.29) is 0 Å². The van der Waals surface area contributed by atoms with Crippen molar-refractivity contribution in [2.75, 3.05) is 13.6 Å². The number of hydrogen-bond donors (Lipinski definition) is 0. The molecular formula is C22H25ClN2. The van der Waals surface area contributed by atoms with E-state index < -0.39 is 0 Å². The van der Waals surface area contributed by atoms with Gasteiger partial charge < -0.3 is 4.57 Å². The number of likely N-dealkylation sites (N-methyl/N-ethyl adjacent to an activating group) is 1. The molecule has 1 aliphatic heterocycles. The quantitative estimate of drug-likeness (QED) is 0.613. The van der Waals surface area contributed by atoms with Gasteiger partial charge in [0.1, 0.15) is 0 Å². The fourth-order valence-electron chi connectivity index (χ4n) is 4.23. The van der Waals surface area contributed by atoms with Crippen LogP contribution < -0.4 is 0 Å². The Kier molecular flexibility index (Phi) is 4.35. The number of aryl methyl sites for hydroxylation is 3. The Morgan fingerprint density at radius 3 is 2.76 bits per heavy atom. The van der Waals surface area contributed by atoms with Gasteiger partial charge in [0, 0.05) is 36.6 Å². The number of fused-ring (bicyclic) bond motifs is 3. The molecule has 2 nitrogen and oxygen atoms in total. The van der Waals surface area contributed by atoms with Gasteiger partial charge in [-0.3, -0.25) is 4.90 Å². The maximum Gasteiger partial charge on any atom is 0.0675 e. The van der Waals surface area contributed by atoms with E-state index in [1.165, 1.54) is 33.3 Å². The minimum atomic E-state index is 0.435. The first-order valence-electron chi connectivity index (χ1n) is 9.11. The number of aromatic nitrogens is 1. The Balaban J connectivity index is 1.80. The van der Waals surface area contributed by atoms with Gasteiger partial charge >= 0.3 is 0 Å². The number of halogens is 1. The van der Waals surface area contributed by atoms with E-state index in [0.717, 1.165) is 31.0 Å². The second-order valence-electron chi connectivity index (χ2n) is 7.29. The first-order chi connectivity index (χ1) is 12.1. The number of para-hydroxylation sites is 1. The van der Waals surface area contributed by atoms with Gasteiger partial charge in [-0.05, 0) is 44.5 Å². The van der Waals surface area contributed by atoms with Crippen LogP contribution in [0, 0.1) is 6.92 Å². The first-order valence-corrected chi connectivity index (χ1v) is 9.49. The Labute approximate surface area is 155 Å². The van der Waals surface area contributed by atoms with Crippen LogP contribution in [0.2, 0.25) is 5.02 Å².